The molecule has 1 aromatic carbocycles. The van der Waals surface area contributed by atoms with Crippen LogP contribution in [0.15, 0.2) is 12.1 Å². The molecular weight excluding hydrogens is 228 g/mol. The maximum atomic E-state index is 11.4. The lowest BCUT2D eigenvalue weighted by Gasteiger charge is -2.16. The summed E-state index contributed by atoms with van der Waals surface area (Å²) in [6.45, 7) is 0. The number of benzene rings is 1. The van der Waals surface area contributed by atoms with Gasteiger partial charge in [-0.3, -0.25) is 4.79 Å². The summed E-state index contributed by atoms with van der Waals surface area (Å²) < 4.78 is 0. The van der Waals surface area contributed by atoms with Gasteiger partial charge >= 0.3 is 5.97 Å². The molecule has 2 aliphatic carbocycles. The standard InChI is InChI=1S/C15H18O3/c16-13-9-11-5-3-1-2-4-10(11)8-12(13)15(6-7-15)14(17)18/h8-9,16H,1-7H2,(H,17,18). The fourth-order valence-corrected chi connectivity index (χ4v) is 3.06. The average Bonchev–Trinajstić information content (AvgIpc) is 3.12. The molecule has 0 heterocycles. The predicted octanol–water partition coefficient (Wildman–Crippen LogP) is 2.78. The minimum atomic E-state index is -0.800. The summed E-state index contributed by atoms with van der Waals surface area (Å²) >= 11 is 0. The highest BCUT2D eigenvalue weighted by molar-refractivity contribution is 5.86. The third-order valence-corrected chi connectivity index (χ3v) is 4.39. The number of aryl methyl sites for hydroxylation is 2. The molecule has 3 nitrogen and oxygen atoms in total. The molecule has 1 saturated carbocycles. The van der Waals surface area contributed by atoms with Crippen molar-refractivity contribution in [3.8, 4) is 5.75 Å². The Labute approximate surface area is 106 Å². The van der Waals surface area contributed by atoms with Crippen molar-refractivity contribution in [3.05, 3.63) is 28.8 Å². The zero-order chi connectivity index (χ0) is 12.8. The van der Waals surface area contributed by atoms with Crippen molar-refractivity contribution in [1.82, 2.24) is 0 Å². The molecule has 2 aliphatic rings. The van der Waals surface area contributed by atoms with Crippen LogP contribution in [0.4, 0.5) is 0 Å². The van der Waals surface area contributed by atoms with Crippen molar-refractivity contribution in [2.75, 3.05) is 0 Å². The van der Waals surface area contributed by atoms with Crippen molar-refractivity contribution in [3.63, 3.8) is 0 Å². The van der Waals surface area contributed by atoms with Gasteiger partial charge in [0.15, 0.2) is 0 Å². The van der Waals surface area contributed by atoms with Gasteiger partial charge in [0.1, 0.15) is 5.75 Å². The topological polar surface area (TPSA) is 57.5 Å². The maximum Gasteiger partial charge on any atom is 0.314 e. The Morgan fingerprint density at radius 3 is 2.22 bits per heavy atom. The van der Waals surface area contributed by atoms with E-state index in [-0.39, 0.29) is 5.75 Å². The molecule has 0 spiro atoms. The third-order valence-electron chi connectivity index (χ3n) is 4.39. The number of aliphatic carboxylic acids is 1. The van der Waals surface area contributed by atoms with Crippen LogP contribution in [0.25, 0.3) is 0 Å². The van der Waals surface area contributed by atoms with Crippen molar-refractivity contribution >= 4 is 5.97 Å². The van der Waals surface area contributed by atoms with Gasteiger partial charge in [-0.05, 0) is 55.7 Å². The van der Waals surface area contributed by atoms with Crippen molar-refractivity contribution in [2.45, 2.75) is 50.4 Å². The van der Waals surface area contributed by atoms with Gasteiger partial charge in [-0.1, -0.05) is 12.5 Å². The van der Waals surface area contributed by atoms with Crippen LogP contribution in [-0.4, -0.2) is 16.2 Å². The fraction of sp³-hybridized carbons (Fsp3) is 0.533. The number of hydrogen-bond acceptors (Lipinski definition) is 2. The second-order valence-electron chi connectivity index (χ2n) is 5.59. The molecule has 96 valence electrons. The van der Waals surface area contributed by atoms with E-state index in [1.165, 1.54) is 17.5 Å². The molecule has 0 saturated heterocycles. The van der Waals surface area contributed by atoms with E-state index in [9.17, 15) is 15.0 Å². The predicted molar refractivity (Wildman–Crippen MR) is 67.9 cm³/mol. The highest BCUT2D eigenvalue weighted by atomic mass is 16.4. The van der Waals surface area contributed by atoms with Crippen LogP contribution >= 0.6 is 0 Å². The molecular formula is C15H18O3. The average molecular weight is 246 g/mol. The minimum Gasteiger partial charge on any atom is -0.508 e. The Hall–Kier alpha value is -1.51. The van der Waals surface area contributed by atoms with E-state index in [0.29, 0.717) is 18.4 Å². The third kappa shape index (κ3) is 1.69. The largest absolute Gasteiger partial charge is 0.508 e. The monoisotopic (exact) mass is 246 g/mol. The van der Waals surface area contributed by atoms with Crippen molar-refractivity contribution in [2.24, 2.45) is 0 Å². The number of carboxylic acids is 1. The van der Waals surface area contributed by atoms with Gasteiger partial charge in [0, 0.05) is 5.56 Å². The fourth-order valence-electron chi connectivity index (χ4n) is 3.06. The first-order chi connectivity index (χ1) is 8.63. The first-order valence-electron chi connectivity index (χ1n) is 6.72. The quantitative estimate of drug-likeness (QED) is 0.789. The maximum absolute atomic E-state index is 11.4. The van der Waals surface area contributed by atoms with E-state index in [2.05, 4.69) is 0 Å². The Balaban J connectivity index is 2.06. The number of carboxylic acid groups (broad SMARTS) is 1. The summed E-state index contributed by atoms with van der Waals surface area (Å²) in [6, 6.07) is 3.76. The summed E-state index contributed by atoms with van der Waals surface area (Å²) in [7, 11) is 0. The Morgan fingerprint density at radius 1 is 1.06 bits per heavy atom. The minimum absolute atomic E-state index is 0.176. The summed E-state index contributed by atoms with van der Waals surface area (Å²) in [4.78, 5) is 11.4. The second-order valence-corrected chi connectivity index (χ2v) is 5.59. The molecule has 18 heavy (non-hydrogen) atoms. The lowest BCUT2D eigenvalue weighted by Crippen LogP contribution is -2.20. The molecule has 2 N–H and O–H groups in total. The smallest absolute Gasteiger partial charge is 0.314 e. The highest BCUT2D eigenvalue weighted by Crippen LogP contribution is 2.52. The summed E-state index contributed by atoms with van der Waals surface area (Å²) in [5.74, 6) is -0.623. The van der Waals surface area contributed by atoms with E-state index in [1.807, 2.05) is 6.07 Å². The molecule has 0 unspecified atom stereocenters. The number of fused-ring (bicyclic) bond motifs is 1. The number of carbonyl (C=O) groups is 1. The molecule has 1 fully saturated rings. The van der Waals surface area contributed by atoms with Crippen LogP contribution in [0.3, 0.4) is 0 Å². The lowest BCUT2D eigenvalue weighted by molar-refractivity contribution is -0.140. The summed E-state index contributed by atoms with van der Waals surface area (Å²) in [5.41, 5.74) is 2.28. The Morgan fingerprint density at radius 2 is 1.67 bits per heavy atom. The zero-order valence-electron chi connectivity index (χ0n) is 10.4. The van der Waals surface area contributed by atoms with Crippen LogP contribution in [0.1, 0.15) is 48.8 Å². The van der Waals surface area contributed by atoms with E-state index < -0.39 is 11.4 Å². The molecule has 3 rings (SSSR count). The van der Waals surface area contributed by atoms with Gasteiger partial charge in [-0.25, -0.2) is 0 Å². The van der Waals surface area contributed by atoms with Crippen LogP contribution < -0.4 is 0 Å². The Kier molecular flexibility index (Phi) is 2.58. The molecule has 0 aliphatic heterocycles. The number of aromatic hydroxyl groups is 1. The van der Waals surface area contributed by atoms with Crippen molar-refractivity contribution < 1.29 is 15.0 Å². The highest BCUT2D eigenvalue weighted by Gasteiger charge is 2.53. The molecule has 0 bridgehead atoms. The molecule has 3 heteroatoms. The van der Waals surface area contributed by atoms with Crippen molar-refractivity contribution in [1.29, 1.82) is 0 Å². The number of phenols is 1. The van der Waals surface area contributed by atoms with E-state index in [0.717, 1.165) is 25.7 Å². The lowest BCUT2D eigenvalue weighted by atomic mass is 9.90. The molecule has 1 aromatic rings. The van der Waals surface area contributed by atoms with Gasteiger partial charge in [-0.2, -0.15) is 0 Å². The zero-order valence-corrected chi connectivity index (χ0v) is 10.4. The first-order valence-corrected chi connectivity index (χ1v) is 6.72. The van der Waals surface area contributed by atoms with Crippen LogP contribution in [0, 0.1) is 0 Å². The van der Waals surface area contributed by atoms with Gasteiger partial charge < -0.3 is 10.2 Å². The molecule has 0 radical (unpaired) electrons. The van der Waals surface area contributed by atoms with Gasteiger partial charge in [-0.15, -0.1) is 0 Å². The van der Waals surface area contributed by atoms with E-state index in [4.69, 9.17) is 0 Å². The van der Waals surface area contributed by atoms with Crippen LogP contribution in [-0.2, 0) is 23.1 Å². The summed E-state index contributed by atoms with van der Waals surface area (Å²) in [6.07, 6.45) is 6.85. The number of rotatable bonds is 2. The Bertz CT molecular complexity index is 501. The molecule has 0 aromatic heterocycles. The van der Waals surface area contributed by atoms with Crippen LogP contribution in [0.2, 0.25) is 0 Å². The number of phenolic OH excluding ortho intramolecular Hbond substituents is 1. The molecule has 0 atom stereocenters. The normalized spacial score (nSPS) is 20.9. The second kappa shape index (κ2) is 4.01. The molecule has 0 amide bonds. The van der Waals surface area contributed by atoms with E-state index >= 15 is 0 Å². The van der Waals surface area contributed by atoms with Gasteiger partial charge in [0.05, 0.1) is 5.41 Å². The first kappa shape index (κ1) is 11.6. The van der Waals surface area contributed by atoms with E-state index in [1.54, 1.807) is 6.07 Å². The van der Waals surface area contributed by atoms with Crippen LogP contribution in [0.5, 0.6) is 5.75 Å². The number of hydrogen-bond donors (Lipinski definition) is 2. The van der Waals surface area contributed by atoms with Gasteiger partial charge in [0.2, 0.25) is 0 Å². The SMILES string of the molecule is O=C(O)C1(c2cc3c(cc2O)CCCCC3)CC1. The summed E-state index contributed by atoms with van der Waals surface area (Å²) in [5, 5.41) is 19.4. The van der Waals surface area contributed by atoms with Gasteiger partial charge in [0.25, 0.3) is 0 Å².